The quantitative estimate of drug-likeness (QED) is 0.799. The summed E-state index contributed by atoms with van der Waals surface area (Å²) in [7, 11) is 0. The van der Waals surface area contributed by atoms with Gasteiger partial charge < -0.3 is 10.1 Å². The van der Waals surface area contributed by atoms with E-state index in [-0.39, 0.29) is 0 Å². The highest BCUT2D eigenvalue weighted by molar-refractivity contribution is 6.30. The average Bonchev–Trinajstić information content (AvgIpc) is 2.96. The van der Waals surface area contributed by atoms with Crippen LogP contribution >= 0.6 is 11.6 Å². The topological polar surface area (TPSA) is 74.0 Å². The maximum atomic E-state index is 5.97. The zero-order chi connectivity index (χ0) is 14.1. The maximum absolute atomic E-state index is 5.97. The van der Waals surface area contributed by atoms with E-state index in [1.807, 2.05) is 33.6 Å². The molecule has 20 heavy (non-hydrogen) atoms. The summed E-state index contributed by atoms with van der Waals surface area (Å²) in [6.07, 6.45) is 5.63. The lowest BCUT2D eigenvalue weighted by Gasteiger charge is -2.03. The number of nitrogens with zero attached hydrogens (tertiary/aromatic N) is 5. The zero-order valence-electron chi connectivity index (χ0n) is 11.1. The first-order chi connectivity index (χ1) is 9.67. The van der Waals surface area contributed by atoms with E-state index in [1.54, 1.807) is 0 Å². The van der Waals surface area contributed by atoms with Crippen molar-refractivity contribution in [1.82, 2.24) is 24.4 Å². The van der Waals surface area contributed by atoms with Crippen LogP contribution in [0.1, 0.15) is 24.7 Å². The van der Waals surface area contributed by atoms with Crippen molar-refractivity contribution in [2.75, 3.05) is 5.73 Å². The van der Waals surface area contributed by atoms with Gasteiger partial charge in [0.15, 0.2) is 5.82 Å². The summed E-state index contributed by atoms with van der Waals surface area (Å²) in [5.41, 5.74) is 8.55. The van der Waals surface area contributed by atoms with Gasteiger partial charge in [0, 0.05) is 12.4 Å². The van der Waals surface area contributed by atoms with Gasteiger partial charge >= 0.3 is 0 Å². The molecule has 104 valence electrons. The molecule has 0 radical (unpaired) electrons. The number of rotatable bonds is 4. The number of hydrogen-bond donors (Lipinski definition) is 1. The third-order valence-electron chi connectivity index (χ3n) is 3.13. The SMILES string of the molecule is CCCc1c(N)nnn1Cc1cn2cc(Cl)ccc2n1. The number of aromatic nitrogens is 5. The Balaban J connectivity index is 1.93. The van der Waals surface area contributed by atoms with Gasteiger partial charge in [0.2, 0.25) is 0 Å². The van der Waals surface area contributed by atoms with E-state index in [4.69, 9.17) is 17.3 Å². The summed E-state index contributed by atoms with van der Waals surface area (Å²) in [5, 5.41) is 8.70. The standard InChI is InChI=1S/C13H15ClN6/c1-2-3-11-13(15)17-18-20(11)8-10-7-19-6-9(14)4-5-12(19)16-10/h4-7H,2-3,8,15H2,1H3. The van der Waals surface area contributed by atoms with Gasteiger partial charge in [0.25, 0.3) is 0 Å². The average molecular weight is 291 g/mol. The number of pyridine rings is 1. The predicted molar refractivity (Wildman–Crippen MR) is 77.7 cm³/mol. The summed E-state index contributed by atoms with van der Waals surface area (Å²) in [6, 6.07) is 3.71. The van der Waals surface area contributed by atoms with Crippen LogP contribution in [0.15, 0.2) is 24.5 Å². The summed E-state index contributed by atoms with van der Waals surface area (Å²) in [4.78, 5) is 4.53. The van der Waals surface area contributed by atoms with Crippen LogP contribution in [0.25, 0.3) is 5.65 Å². The van der Waals surface area contributed by atoms with Crippen LogP contribution in [0.5, 0.6) is 0 Å². The van der Waals surface area contributed by atoms with Crippen LogP contribution < -0.4 is 5.73 Å². The first-order valence-electron chi connectivity index (χ1n) is 6.48. The van der Waals surface area contributed by atoms with E-state index >= 15 is 0 Å². The lowest BCUT2D eigenvalue weighted by atomic mass is 10.2. The van der Waals surface area contributed by atoms with Gasteiger partial charge in [-0.1, -0.05) is 30.2 Å². The van der Waals surface area contributed by atoms with Crippen molar-refractivity contribution < 1.29 is 0 Å². The number of hydrogen-bond acceptors (Lipinski definition) is 4. The zero-order valence-corrected chi connectivity index (χ0v) is 11.9. The third kappa shape index (κ3) is 2.34. The van der Waals surface area contributed by atoms with Gasteiger partial charge in [-0.15, -0.1) is 5.10 Å². The van der Waals surface area contributed by atoms with Gasteiger partial charge in [-0.2, -0.15) is 0 Å². The fourth-order valence-electron chi connectivity index (χ4n) is 2.21. The molecule has 3 heterocycles. The molecule has 0 atom stereocenters. The molecule has 3 aromatic heterocycles. The molecule has 0 aliphatic rings. The Morgan fingerprint density at radius 1 is 1.30 bits per heavy atom. The highest BCUT2D eigenvalue weighted by Crippen LogP contribution is 2.15. The number of imidazole rings is 1. The van der Waals surface area contributed by atoms with Crippen LogP contribution in [0.3, 0.4) is 0 Å². The number of anilines is 1. The first kappa shape index (κ1) is 12.9. The molecule has 0 saturated heterocycles. The van der Waals surface area contributed by atoms with Gasteiger partial charge in [-0.05, 0) is 18.6 Å². The van der Waals surface area contributed by atoms with E-state index in [2.05, 4.69) is 22.2 Å². The molecule has 0 aliphatic heterocycles. The highest BCUT2D eigenvalue weighted by atomic mass is 35.5. The van der Waals surface area contributed by atoms with Crippen molar-refractivity contribution in [1.29, 1.82) is 0 Å². The van der Waals surface area contributed by atoms with E-state index in [0.717, 1.165) is 29.9 Å². The smallest absolute Gasteiger partial charge is 0.169 e. The Bertz CT molecular complexity index is 744. The molecular weight excluding hydrogens is 276 g/mol. The second kappa shape index (κ2) is 5.13. The van der Waals surface area contributed by atoms with Crippen molar-refractivity contribution in [3.63, 3.8) is 0 Å². The van der Waals surface area contributed by atoms with Crippen LogP contribution in [-0.4, -0.2) is 24.4 Å². The number of halogens is 1. The van der Waals surface area contributed by atoms with E-state index in [1.165, 1.54) is 0 Å². The van der Waals surface area contributed by atoms with Gasteiger partial charge in [0.1, 0.15) is 5.65 Å². The Labute approximate surface area is 121 Å². The Kier molecular flexibility index (Phi) is 3.31. The van der Waals surface area contributed by atoms with Crippen molar-refractivity contribution >= 4 is 23.1 Å². The summed E-state index contributed by atoms with van der Waals surface area (Å²) in [5.74, 6) is 0.499. The van der Waals surface area contributed by atoms with Gasteiger partial charge in [-0.25, -0.2) is 9.67 Å². The first-order valence-corrected chi connectivity index (χ1v) is 6.86. The van der Waals surface area contributed by atoms with Gasteiger partial charge in [0.05, 0.1) is 23.0 Å². The number of nitrogens with two attached hydrogens (primary N) is 1. The highest BCUT2D eigenvalue weighted by Gasteiger charge is 2.11. The fourth-order valence-corrected chi connectivity index (χ4v) is 2.38. The Morgan fingerprint density at radius 3 is 2.95 bits per heavy atom. The third-order valence-corrected chi connectivity index (χ3v) is 3.35. The fraction of sp³-hybridized carbons (Fsp3) is 0.308. The van der Waals surface area contributed by atoms with Crippen LogP contribution in [0.4, 0.5) is 5.82 Å². The lowest BCUT2D eigenvalue weighted by Crippen LogP contribution is -2.07. The molecule has 0 aromatic carbocycles. The largest absolute Gasteiger partial charge is 0.381 e. The summed E-state index contributed by atoms with van der Waals surface area (Å²) >= 11 is 5.97. The maximum Gasteiger partial charge on any atom is 0.169 e. The van der Waals surface area contributed by atoms with E-state index in [0.29, 0.717) is 17.4 Å². The normalized spacial score (nSPS) is 11.3. The van der Waals surface area contributed by atoms with E-state index in [9.17, 15) is 0 Å². The number of nitrogen functional groups attached to an aromatic ring is 1. The number of fused-ring (bicyclic) bond motifs is 1. The molecule has 0 unspecified atom stereocenters. The second-order valence-electron chi connectivity index (χ2n) is 4.67. The Morgan fingerprint density at radius 2 is 2.15 bits per heavy atom. The minimum Gasteiger partial charge on any atom is -0.381 e. The van der Waals surface area contributed by atoms with Gasteiger partial charge in [-0.3, -0.25) is 0 Å². The van der Waals surface area contributed by atoms with Crippen LogP contribution in [0.2, 0.25) is 5.02 Å². The monoisotopic (exact) mass is 290 g/mol. The molecule has 0 aliphatic carbocycles. The minimum absolute atomic E-state index is 0.499. The molecule has 3 aromatic rings. The molecule has 0 bridgehead atoms. The minimum atomic E-state index is 0.499. The van der Waals surface area contributed by atoms with Crippen molar-refractivity contribution in [2.24, 2.45) is 0 Å². The van der Waals surface area contributed by atoms with Crippen molar-refractivity contribution in [2.45, 2.75) is 26.3 Å². The predicted octanol–water partition coefficient (Wildman–Crippen LogP) is 2.16. The van der Waals surface area contributed by atoms with Crippen LogP contribution in [0, 0.1) is 0 Å². The molecule has 6 nitrogen and oxygen atoms in total. The molecule has 0 fully saturated rings. The Hall–Kier alpha value is -2.08. The molecule has 0 saturated carbocycles. The summed E-state index contributed by atoms with van der Waals surface area (Å²) in [6.45, 7) is 2.66. The van der Waals surface area contributed by atoms with E-state index < -0.39 is 0 Å². The molecule has 0 amide bonds. The summed E-state index contributed by atoms with van der Waals surface area (Å²) < 4.78 is 3.71. The van der Waals surface area contributed by atoms with Crippen molar-refractivity contribution in [3.8, 4) is 0 Å². The van der Waals surface area contributed by atoms with Crippen molar-refractivity contribution in [3.05, 3.63) is 40.9 Å². The van der Waals surface area contributed by atoms with Crippen LogP contribution in [-0.2, 0) is 13.0 Å². The molecule has 2 N–H and O–H groups in total. The molecule has 3 rings (SSSR count). The molecule has 0 spiro atoms. The lowest BCUT2D eigenvalue weighted by molar-refractivity contribution is 0.606. The molecular formula is C13H15ClN6. The second-order valence-corrected chi connectivity index (χ2v) is 5.11. The molecule has 7 heteroatoms.